The van der Waals surface area contributed by atoms with Crippen molar-refractivity contribution in [3.63, 3.8) is 0 Å². The first-order valence-electron chi connectivity index (χ1n) is 3.71. The third kappa shape index (κ3) is 1.72. The lowest BCUT2D eigenvalue weighted by molar-refractivity contribution is -0.142. The molecule has 13 heavy (non-hydrogen) atoms. The summed E-state index contributed by atoms with van der Waals surface area (Å²) < 4.78 is 0.597. The fourth-order valence-corrected chi connectivity index (χ4v) is 1.78. The number of halogens is 2. The predicted octanol–water partition coefficient (Wildman–Crippen LogP) is 2.16. The minimum absolute atomic E-state index is 0.288. The lowest BCUT2D eigenvalue weighted by Crippen LogP contribution is -2.46. The molecule has 0 radical (unpaired) electrons. The van der Waals surface area contributed by atoms with Gasteiger partial charge in [-0.15, -0.1) is 0 Å². The molecule has 0 saturated carbocycles. The predicted molar refractivity (Wildman–Crippen MR) is 56.5 cm³/mol. The Balaban J connectivity index is 3.12. The zero-order valence-electron chi connectivity index (χ0n) is 7.52. The number of carbonyl (C=O) groups excluding carboxylic acids is 2. The highest BCUT2D eigenvalue weighted by molar-refractivity contribution is 9.14. The van der Waals surface area contributed by atoms with Gasteiger partial charge in [0.1, 0.15) is 8.96 Å². The van der Waals surface area contributed by atoms with Crippen molar-refractivity contribution in [1.29, 1.82) is 0 Å². The van der Waals surface area contributed by atoms with E-state index in [1.54, 1.807) is 0 Å². The maximum atomic E-state index is 11.5. The van der Waals surface area contributed by atoms with E-state index < -0.39 is 5.54 Å². The van der Waals surface area contributed by atoms with Crippen molar-refractivity contribution in [2.75, 3.05) is 0 Å². The second-order valence-corrected chi connectivity index (χ2v) is 5.33. The minimum Gasteiger partial charge on any atom is -0.268 e. The van der Waals surface area contributed by atoms with Crippen LogP contribution >= 0.6 is 31.9 Å². The Morgan fingerprint density at radius 1 is 1.00 bits per heavy atom. The van der Waals surface area contributed by atoms with E-state index in [1.807, 2.05) is 20.8 Å². The summed E-state index contributed by atoms with van der Waals surface area (Å²) in [6.07, 6.45) is 0. The fourth-order valence-electron chi connectivity index (χ4n) is 1.09. The Kier molecular flexibility index (Phi) is 2.69. The van der Waals surface area contributed by atoms with E-state index >= 15 is 0 Å². The van der Waals surface area contributed by atoms with Crippen LogP contribution in [0.2, 0.25) is 0 Å². The number of hydrogen-bond donors (Lipinski definition) is 0. The fraction of sp³-hybridized carbons (Fsp3) is 0.500. The van der Waals surface area contributed by atoms with Crippen LogP contribution in [-0.2, 0) is 9.59 Å². The molecule has 0 aromatic heterocycles. The van der Waals surface area contributed by atoms with Crippen LogP contribution < -0.4 is 0 Å². The smallest absolute Gasteiger partial charge is 0.268 e. The first-order chi connectivity index (χ1) is 5.76. The molecule has 0 atom stereocenters. The molecule has 0 unspecified atom stereocenters. The summed E-state index contributed by atoms with van der Waals surface area (Å²) in [6, 6.07) is 0. The second-order valence-electron chi connectivity index (χ2n) is 3.74. The zero-order valence-corrected chi connectivity index (χ0v) is 10.7. The Hall–Kier alpha value is -0.160. The molecule has 3 nitrogen and oxygen atoms in total. The highest BCUT2D eigenvalue weighted by atomic mass is 79.9. The topological polar surface area (TPSA) is 37.4 Å². The van der Waals surface area contributed by atoms with Crippen LogP contribution in [0.25, 0.3) is 0 Å². The molecule has 0 aromatic carbocycles. The van der Waals surface area contributed by atoms with Crippen molar-refractivity contribution in [3.8, 4) is 0 Å². The zero-order chi connectivity index (χ0) is 10.4. The van der Waals surface area contributed by atoms with E-state index in [2.05, 4.69) is 31.9 Å². The normalized spacial score (nSPS) is 19.0. The summed E-state index contributed by atoms with van der Waals surface area (Å²) in [6.45, 7) is 5.44. The molecule has 1 rings (SSSR count). The summed E-state index contributed by atoms with van der Waals surface area (Å²) in [5.74, 6) is -0.575. The lowest BCUT2D eigenvalue weighted by atomic mass is 10.1. The molecule has 0 fully saturated rings. The van der Waals surface area contributed by atoms with Gasteiger partial charge in [-0.1, -0.05) is 0 Å². The van der Waals surface area contributed by atoms with Gasteiger partial charge in [0.25, 0.3) is 11.8 Å². The third-order valence-corrected chi connectivity index (χ3v) is 3.65. The van der Waals surface area contributed by atoms with Gasteiger partial charge in [0.05, 0.1) is 0 Å². The van der Waals surface area contributed by atoms with Crippen molar-refractivity contribution in [1.82, 2.24) is 4.90 Å². The molecule has 1 heterocycles. The quantitative estimate of drug-likeness (QED) is 0.643. The minimum atomic E-state index is -0.483. The molecular formula is C8H9Br2NO2. The standard InChI is InChI=1S/C8H9Br2NO2/c1-8(2,3)11-6(12)4(9)5(10)7(11)13/h1-3H3. The Bertz CT molecular complexity index is 291. The molecule has 0 N–H and O–H groups in total. The average Bonchev–Trinajstić information content (AvgIpc) is 2.14. The number of nitrogens with zero attached hydrogens (tertiary/aromatic N) is 1. The molecule has 2 amide bonds. The SMILES string of the molecule is CC(C)(C)N1C(=O)C(Br)=C(Br)C1=O. The summed E-state index contributed by atoms with van der Waals surface area (Å²) in [7, 11) is 0. The molecule has 1 aliphatic rings. The Morgan fingerprint density at radius 2 is 1.31 bits per heavy atom. The van der Waals surface area contributed by atoms with Crippen molar-refractivity contribution in [2.45, 2.75) is 26.3 Å². The van der Waals surface area contributed by atoms with Crippen LogP contribution in [-0.4, -0.2) is 22.3 Å². The van der Waals surface area contributed by atoms with Crippen molar-refractivity contribution in [3.05, 3.63) is 8.96 Å². The summed E-state index contributed by atoms with van der Waals surface area (Å²) in [4.78, 5) is 24.3. The van der Waals surface area contributed by atoms with Crippen LogP contribution in [0, 0.1) is 0 Å². The Labute approximate surface area is 93.4 Å². The number of carbonyl (C=O) groups is 2. The average molecular weight is 311 g/mol. The van der Waals surface area contributed by atoms with Gasteiger partial charge in [0, 0.05) is 5.54 Å². The van der Waals surface area contributed by atoms with E-state index in [4.69, 9.17) is 0 Å². The van der Waals surface area contributed by atoms with Gasteiger partial charge >= 0.3 is 0 Å². The van der Waals surface area contributed by atoms with Gasteiger partial charge in [-0.25, -0.2) is 0 Å². The number of hydrogen-bond acceptors (Lipinski definition) is 2. The molecule has 0 spiro atoms. The maximum Gasteiger partial charge on any atom is 0.269 e. The van der Waals surface area contributed by atoms with Gasteiger partial charge in [-0.2, -0.15) is 0 Å². The van der Waals surface area contributed by atoms with E-state index in [-0.39, 0.29) is 11.8 Å². The van der Waals surface area contributed by atoms with Crippen LogP contribution in [0.5, 0.6) is 0 Å². The molecule has 1 aliphatic heterocycles. The van der Waals surface area contributed by atoms with Crippen LogP contribution in [0.4, 0.5) is 0 Å². The van der Waals surface area contributed by atoms with Crippen LogP contribution in [0.3, 0.4) is 0 Å². The van der Waals surface area contributed by atoms with E-state index in [0.29, 0.717) is 8.96 Å². The maximum absolute atomic E-state index is 11.5. The molecule has 72 valence electrons. The second kappa shape index (κ2) is 3.20. The molecule has 0 saturated heterocycles. The number of imide groups is 1. The summed E-state index contributed by atoms with van der Waals surface area (Å²) in [5.41, 5.74) is -0.483. The van der Waals surface area contributed by atoms with Gasteiger partial charge in [0.15, 0.2) is 0 Å². The van der Waals surface area contributed by atoms with E-state index in [1.165, 1.54) is 4.90 Å². The van der Waals surface area contributed by atoms with Gasteiger partial charge in [-0.05, 0) is 52.6 Å². The summed E-state index contributed by atoms with van der Waals surface area (Å²) >= 11 is 6.13. The summed E-state index contributed by atoms with van der Waals surface area (Å²) in [5, 5.41) is 0. The van der Waals surface area contributed by atoms with Gasteiger partial charge in [0.2, 0.25) is 0 Å². The number of amides is 2. The largest absolute Gasteiger partial charge is 0.269 e. The molecule has 5 heteroatoms. The highest BCUT2D eigenvalue weighted by Crippen LogP contribution is 2.33. The van der Waals surface area contributed by atoms with Crippen LogP contribution in [0.1, 0.15) is 20.8 Å². The van der Waals surface area contributed by atoms with Crippen molar-refractivity contribution in [2.24, 2.45) is 0 Å². The van der Waals surface area contributed by atoms with Crippen LogP contribution in [0.15, 0.2) is 8.96 Å². The van der Waals surface area contributed by atoms with E-state index in [9.17, 15) is 9.59 Å². The van der Waals surface area contributed by atoms with Crippen molar-refractivity contribution >= 4 is 43.7 Å². The molecule has 0 aliphatic carbocycles. The lowest BCUT2D eigenvalue weighted by Gasteiger charge is -2.29. The molecule has 0 aromatic rings. The monoisotopic (exact) mass is 309 g/mol. The van der Waals surface area contributed by atoms with Gasteiger partial charge < -0.3 is 0 Å². The molecular weight excluding hydrogens is 302 g/mol. The van der Waals surface area contributed by atoms with Gasteiger partial charge in [-0.3, -0.25) is 14.5 Å². The van der Waals surface area contributed by atoms with E-state index in [0.717, 1.165) is 0 Å². The molecule has 0 bridgehead atoms. The first-order valence-corrected chi connectivity index (χ1v) is 5.29. The van der Waals surface area contributed by atoms with Crippen molar-refractivity contribution < 1.29 is 9.59 Å². The first kappa shape index (κ1) is 10.9. The Morgan fingerprint density at radius 3 is 1.46 bits per heavy atom. The highest BCUT2D eigenvalue weighted by Gasteiger charge is 2.41. The number of rotatable bonds is 0. The third-order valence-electron chi connectivity index (χ3n) is 1.65.